The minimum absolute atomic E-state index is 0.140. The van der Waals surface area contributed by atoms with Crippen LogP contribution in [0.1, 0.15) is 18.4 Å². The predicted octanol–water partition coefficient (Wildman–Crippen LogP) is 1.69. The molecule has 2 saturated heterocycles. The summed E-state index contributed by atoms with van der Waals surface area (Å²) in [6.45, 7) is 2.86. The van der Waals surface area contributed by atoms with Crippen LogP contribution in [0, 0.1) is 5.92 Å². The number of para-hydroxylation sites is 1. The molecule has 3 heterocycles. The first-order chi connectivity index (χ1) is 12.7. The summed E-state index contributed by atoms with van der Waals surface area (Å²) >= 11 is 0. The fourth-order valence-electron chi connectivity index (χ4n) is 4.11. The zero-order valence-electron chi connectivity index (χ0n) is 15.0. The third-order valence-electron chi connectivity index (χ3n) is 5.53. The lowest BCUT2D eigenvalue weighted by Gasteiger charge is -2.37. The molecule has 0 radical (unpaired) electrons. The van der Waals surface area contributed by atoms with Gasteiger partial charge in [0.05, 0.1) is 19.6 Å². The Morgan fingerprint density at radius 2 is 2.00 bits per heavy atom. The number of hydrogen-bond acceptors (Lipinski definition) is 5. The second-order valence-corrected chi connectivity index (χ2v) is 7.02. The number of methoxy groups -OCH3 is 1. The van der Waals surface area contributed by atoms with E-state index in [2.05, 4.69) is 0 Å². The highest BCUT2D eigenvalue weighted by molar-refractivity contribution is 5.80. The van der Waals surface area contributed by atoms with E-state index >= 15 is 0 Å². The van der Waals surface area contributed by atoms with E-state index in [1.165, 1.54) is 0 Å². The fraction of sp³-hybridized carbons (Fsp3) is 0.579. The van der Waals surface area contributed by atoms with E-state index in [-0.39, 0.29) is 24.0 Å². The monoisotopic (exact) mass is 360 g/mol. The molecule has 3 aliphatic heterocycles. The molecule has 2 amide bonds. The zero-order valence-corrected chi connectivity index (χ0v) is 15.0. The molecule has 2 fully saturated rings. The molecule has 0 bridgehead atoms. The van der Waals surface area contributed by atoms with Crippen molar-refractivity contribution in [3.8, 4) is 11.5 Å². The Kier molecular flexibility index (Phi) is 4.61. The topological polar surface area (TPSA) is 68.3 Å². The van der Waals surface area contributed by atoms with Gasteiger partial charge in [0.15, 0.2) is 11.5 Å². The predicted molar refractivity (Wildman–Crippen MR) is 93.3 cm³/mol. The summed E-state index contributed by atoms with van der Waals surface area (Å²) in [5.41, 5.74) is 1.02. The number of carbonyl (C=O) groups is 2. The average Bonchev–Trinajstić information content (AvgIpc) is 3.12. The SMILES string of the molecule is COc1cccc2c1OC[C@@H](C(=O)N1CCC(N3CCOC3=O)CC1)C2. The van der Waals surface area contributed by atoms with Crippen molar-refractivity contribution in [1.29, 1.82) is 0 Å². The Bertz CT molecular complexity index is 699. The van der Waals surface area contributed by atoms with Crippen molar-refractivity contribution >= 4 is 12.0 Å². The van der Waals surface area contributed by atoms with Crippen LogP contribution in [-0.2, 0) is 16.0 Å². The van der Waals surface area contributed by atoms with Gasteiger partial charge in [0.25, 0.3) is 0 Å². The summed E-state index contributed by atoms with van der Waals surface area (Å²) in [6.07, 6.45) is 2.06. The van der Waals surface area contributed by atoms with Gasteiger partial charge in [-0.05, 0) is 30.9 Å². The van der Waals surface area contributed by atoms with Crippen LogP contribution in [0.5, 0.6) is 11.5 Å². The van der Waals surface area contributed by atoms with Gasteiger partial charge in [-0.3, -0.25) is 4.79 Å². The maximum absolute atomic E-state index is 12.9. The molecule has 7 heteroatoms. The summed E-state index contributed by atoms with van der Waals surface area (Å²) < 4.78 is 16.2. The van der Waals surface area contributed by atoms with Gasteiger partial charge >= 0.3 is 6.09 Å². The lowest BCUT2D eigenvalue weighted by atomic mass is 9.94. The molecule has 0 aromatic heterocycles. The number of hydrogen-bond donors (Lipinski definition) is 0. The Balaban J connectivity index is 1.36. The second kappa shape index (κ2) is 7.05. The molecule has 1 aromatic rings. The van der Waals surface area contributed by atoms with Crippen LogP contribution in [-0.4, -0.2) is 67.8 Å². The maximum atomic E-state index is 12.9. The maximum Gasteiger partial charge on any atom is 0.410 e. The van der Waals surface area contributed by atoms with Gasteiger partial charge in [-0.2, -0.15) is 0 Å². The molecule has 1 atom stereocenters. The summed E-state index contributed by atoms with van der Waals surface area (Å²) in [6, 6.07) is 5.97. The van der Waals surface area contributed by atoms with E-state index in [1.54, 1.807) is 12.0 Å². The van der Waals surface area contributed by atoms with Crippen LogP contribution >= 0.6 is 0 Å². The Morgan fingerprint density at radius 1 is 1.19 bits per heavy atom. The third kappa shape index (κ3) is 3.06. The van der Waals surface area contributed by atoms with Crippen molar-refractivity contribution in [2.24, 2.45) is 5.92 Å². The molecule has 7 nitrogen and oxygen atoms in total. The highest BCUT2D eigenvalue weighted by Crippen LogP contribution is 2.36. The van der Waals surface area contributed by atoms with E-state index in [0.717, 1.165) is 24.2 Å². The van der Waals surface area contributed by atoms with Crippen LogP contribution in [0.25, 0.3) is 0 Å². The van der Waals surface area contributed by atoms with Crippen molar-refractivity contribution in [3.05, 3.63) is 23.8 Å². The van der Waals surface area contributed by atoms with Gasteiger partial charge in [-0.25, -0.2) is 4.79 Å². The molecule has 26 heavy (non-hydrogen) atoms. The van der Waals surface area contributed by atoms with Crippen LogP contribution in [0.4, 0.5) is 4.79 Å². The van der Waals surface area contributed by atoms with Crippen molar-refractivity contribution in [2.75, 3.05) is 40.0 Å². The Morgan fingerprint density at radius 3 is 2.69 bits per heavy atom. The molecule has 4 rings (SSSR count). The quantitative estimate of drug-likeness (QED) is 0.821. The summed E-state index contributed by atoms with van der Waals surface area (Å²) in [5, 5.41) is 0. The van der Waals surface area contributed by atoms with Crippen molar-refractivity contribution in [1.82, 2.24) is 9.80 Å². The second-order valence-electron chi connectivity index (χ2n) is 7.02. The number of rotatable bonds is 3. The number of benzene rings is 1. The number of amides is 2. The van der Waals surface area contributed by atoms with Gasteiger partial charge in [0.2, 0.25) is 5.91 Å². The molecular formula is C19H24N2O5. The number of likely N-dealkylation sites (tertiary alicyclic amines) is 1. The zero-order chi connectivity index (χ0) is 18.1. The minimum Gasteiger partial charge on any atom is -0.493 e. The molecule has 0 unspecified atom stereocenters. The fourth-order valence-corrected chi connectivity index (χ4v) is 4.11. The molecule has 0 N–H and O–H groups in total. The smallest absolute Gasteiger partial charge is 0.410 e. The van der Waals surface area contributed by atoms with E-state index in [1.807, 2.05) is 23.1 Å². The molecule has 0 saturated carbocycles. The van der Waals surface area contributed by atoms with E-state index in [9.17, 15) is 9.59 Å². The van der Waals surface area contributed by atoms with E-state index in [0.29, 0.717) is 45.0 Å². The molecule has 0 spiro atoms. The molecule has 1 aromatic carbocycles. The number of piperidine rings is 1. The van der Waals surface area contributed by atoms with Crippen molar-refractivity contribution in [3.63, 3.8) is 0 Å². The highest BCUT2D eigenvalue weighted by Gasteiger charge is 2.36. The summed E-state index contributed by atoms with van der Waals surface area (Å²) in [7, 11) is 1.62. The van der Waals surface area contributed by atoms with E-state index < -0.39 is 0 Å². The first-order valence-corrected chi connectivity index (χ1v) is 9.18. The average molecular weight is 360 g/mol. The largest absolute Gasteiger partial charge is 0.493 e. The van der Waals surface area contributed by atoms with Gasteiger partial charge in [-0.15, -0.1) is 0 Å². The summed E-state index contributed by atoms with van der Waals surface area (Å²) in [4.78, 5) is 28.3. The van der Waals surface area contributed by atoms with Crippen LogP contribution in [0.15, 0.2) is 18.2 Å². The van der Waals surface area contributed by atoms with E-state index in [4.69, 9.17) is 14.2 Å². The lowest BCUT2D eigenvalue weighted by molar-refractivity contribution is -0.138. The molecule has 0 aliphatic carbocycles. The number of fused-ring (bicyclic) bond motifs is 1. The standard InChI is InChI=1S/C19H24N2O5/c1-24-16-4-2-3-13-11-14(12-26-17(13)16)18(22)20-7-5-15(6-8-20)21-9-10-25-19(21)23/h2-4,14-15H,5-12H2,1H3/t14-/m0/s1. The molecule has 140 valence electrons. The van der Waals surface area contributed by atoms with Gasteiger partial charge in [-0.1, -0.05) is 12.1 Å². The minimum atomic E-state index is -0.221. The number of nitrogens with zero attached hydrogens (tertiary/aromatic N) is 2. The van der Waals surface area contributed by atoms with Crippen LogP contribution < -0.4 is 9.47 Å². The van der Waals surface area contributed by atoms with Crippen LogP contribution in [0.3, 0.4) is 0 Å². The molecular weight excluding hydrogens is 336 g/mol. The van der Waals surface area contributed by atoms with Gasteiger partial charge < -0.3 is 24.0 Å². The highest BCUT2D eigenvalue weighted by atomic mass is 16.6. The summed E-state index contributed by atoms with van der Waals surface area (Å²) in [5.74, 6) is 1.45. The van der Waals surface area contributed by atoms with Gasteiger partial charge in [0.1, 0.15) is 13.2 Å². The van der Waals surface area contributed by atoms with Crippen LogP contribution in [0.2, 0.25) is 0 Å². The molecule has 3 aliphatic rings. The normalized spacial score (nSPS) is 23.3. The third-order valence-corrected chi connectivity index (χ3v) is 5.53. The van der Waals surface area contributed by atoms with Crippen molar-refractivity contribution in [2.45, 2.75) is 25.3 Å². The van der Waals surface area contributed by atoms with Gasteiger partial charge in [0, 0.05) is 19.1 Å². The number of cyclic esters (lactones) is 1. The Labute approximate surface area is 152 Å². The lowest BCUT2D eigenvalue weighted by Crippen LogP contribution is -2.49. The Hall–Kier alpha value is -2.44. The van der Waals surface area contributed by atoms with Crippen molar-refractivity contribution < 1.29 is 23.8 Å². The first-order valence-electron chi connectivity index (χ1n) is 9.18. The first kappa shape index (κ1) is 17.0. The number of ether oxygens (including phenoxy) is 3. The number of carbonyl (C=O) groups excluding carboxylic acids is 2.